The van der Waals surface area contributed by atoms with Gasteiger partial charge in [0.2, 0.25) is 0 Å². The molecular formula is C28H38N2O5S2. The van der Waals surface area contributed by atoms with E-state index in [9.17, 15) is 18.0 Å². The molecule has 202 valence electrons. The van der Waals surface area contributed by atoms with Crippen LogP contribution in [0.15, 0.2) is 18.2 Å². The second kappa shape index (κ2) is 10.4. The van der Waals surface area contributed by atoms with Crippen molar-refractivity contribution in [3.8, 4) is 5.75 Å². The molecule has 0 radical (unpaired) electrons. The van der Waals surface area contributed by atoms with E-state index in [1.165, 1.54) is 11.3 Å². The highest BCUT2D eigenvalue weighted by atomic mass is 32.2. The number of hydrogen-bond donors (Lipinski definition) is 2. The SMILES string of the molecule is Cc1ccc(OC(C)C(=O)Nc2sc3c(c2C(=O)NC2CCS(=O)(=O)C2)CCC(C(C)(C)C)C3)cc1C. The van der Waals surface area contributed by atoms with Gasteiger partial charge in [0.1, 0.15) is 10.8 Å². The van der Waals surface area contributed by atoms with E-state index in [2.05, 4.69) is 31.4 Å². The third kappa shape index (κ3) is 6.37. The summed E-state index contributed by atoms with van der Waals surface area (Å²) in [5, 5.41) is 6.41. The van der Waals surface area contributed by atoms with E-state index in [1.54, 1.807) is 6.92 Å². The fourth-order valence-electron chi connectivity index (χ4n) is 5.08. The number of rotatable bonds is 6. The lowest BCUT2D eigenvalue weighted by molar-refractivity contribution is -0.122. The Bertz CT molecular complexity index is 1310. The van der Waals surface area contributed by atoms with E-state index in [1.807, 2.05) is 32.0 Å². The molecule has 2 aromatic rings. The maximum absolute atomic E-state index is 13.5. The first-order chi connectivity index (χ1) is 17.2. The largest absolute Gasteiger partial charge is 0.481 e. The summed E-state index contributed by atoms with van der Waals surface area (Å²) in [7, 11) is -3.13. The molecule has 1 aliphatic heterocycles. The molecule has 2 heterocycles. The first kappa shape index (κ1) is 27.6. The Labute approximate surface area is 224 Å². The highest BCUT2D eigenvalue weighted by molar-refractivity contribution is 7.91. The van der Waals surface area contributed by atoms with Crippen molar-refractivity contribution in [2.75, 3.05) is 16.8 Å². The standard InChI is InChI=1S/C28H38N2O5S2/c1-16-7-9-21(13-17(16)2)35-18(3)25(31)30-27-24(26(32)29-20-11-12-37(33,34)15-20)22-10-8-19(28(4,5)6)14-23(22)36-27/h7,9,13,18-20H,8,10-12,14-15H2,1-6H3,(H,29,32)(H,30,31). The number of fused-ring (bicyclic) bond motifs is 1. The van der Waals surface area contributed by atoms with Crippen LogP contribution < -0.4 is 15.4 Å². The number of sulfone groups is 1. The van der Waals surface area contributed by atoms with E-state index < -0.39 is 22.0 Å². The average Bonchev–Trinajstić information content (AvgIpc) is 3.33. The molecule has 4 rings (SSSR count). The summed E-state index contributed by atoms with van der Waals surface area (Å²) in [5.74, 6) is 0.493. The van der Waals surface area contributed by atoms with Crippen LogP contribution in [-0.2, 0) is 27.5 Å². The topological polar surface area (TPSA) is 102 Å². The fraction of sp³-hybridized carbons (Fsp3) is 0.571. The van der Waals surface area contributed by atoms with Crippen LogP contribution in [0.25, 0.3) is 0 Å². The highest BCUT2D eigenvalue weighted by Crippen LogP contribution is 2.44. The van der Waals surface area contributed by atoms with Crippen LogP contribution in [-0.4, -0.2) is 43.9 Å². The number of carbonyl (C=O) groups excluding carboxylic acids is 2. The minimum atomic E-state index is -3.13. The van der Waals surface area contributed by atoms with Crippen LogP contribution in [0, 0.1) is 25.2 Å². The van der Waals surface area contributed by atoms with Gasteiger partial charge in [-0.25, -0.2) is 8.42 Å². The van der Waals surface area contributed by atoms with Crippen LogP contribution in [0.5, 0.6) is 5.75 Å². The Hall–Kier alpha value is -2.39. The maximum Gasteiger partial charge on any atom is 0.265 e. The molecule has 0 bridgehead atoms. The van der Waals surface area contributed by atoms with Crippen LogP contribution in [0.2, 0.25) is 0 Å². The second-order valence-corrected chi connectivity index (χ2v) is 14.9. The fourth-order valence-corrected chi connectivity index (χ4v) is 8.08. The molecule has 2 amide bonds. The second-order valence-electron chi connectivity index (χ2n) is 11.6. The van der Waals surface area contributed by atoms with Crippen LogP contribution in [0.4, 0.5) is 5.00 Å². The Morgan fingerprint density at radius 3 is 2.49 bits per heavy atom. The van der Waals surface area contributed by atoms with Gasteiger partial charge >= 0.3 is 0 Å². The number of hydrogen-bond acceptors (Lipinski definition) is 6. The molecule has 9 heteroatoms. The van der Waals surface area contributed by atoms with Gasteiger partial charge in [0.05, 0.1) is 17.1 Å². The molecule has 1 aromatic carbocycles. The van der Waals surface area contributed by atoms with E-state index in [0.29, 0.717) is 28.7 Å². The Balaban J connectivity index is 1.57. The molecule has 1 aromatic heterocycles. The third-order valence-electron chi connectivity index (χ3n) is 7.68. The van der Waals surface area contributed by atoms with Crippen molar-refractivity contribution in [2.24, 2.45) is 11.3 Å². The monoisotopic (exact) mass is 546 g/mol. The minimum absolute atomic E-state index is 0.0420. The van der Waals surface area contributed by atoms with E-state index in [4.69, 9.17) is 4.74 Å². The van der Waals surface area contributed by atoms with Crippen molar-refractivity contribution in [3.05, 3.63) is 45.3 Å². The number of carbonyl (C=O) groups is 2. The minimum Gasteiger partial charge on any atom is -0.481 e. The summed E-state index contributed by atoms with van der Waals surface area (Å²) >= 11 is 1.46. The van der Waals surface area contributed by atoms with Crippen molar-refractivity contribution in [2.45, 2.75) is 79.4 Å². The Kier molecular flexibility index (Phi) is 7.77. The predicted octanol–water partition coefficient (Wildman–Crippen LogP) is 4.84. The molecule has 7 nitrogen and oxygen atoms in total. The molecule has 0 saturated carbocycles. The van der Waals surface area contributed by atoms with Gasteiger partial charge in [0.25, 0.3) is 11.8 Å². The summed E-state index contributed by atoms with van der Waals surface area (Å²) in [6.45, 7) is 12.4. The number of ether oxygens (including phenoxy) is 1. The van der Waals surface area contributed by atoms with Crippen LogP contribution in [0.3, 0.4) is 0 Å². The van der Waals surface area contributed by atoms with Gasteiger partial charge in [-0.15, -0.1) is 11.3 Å². The van der Waals surface area contributed by atoms with Crippen molar-refractivity contribution in [1.82, 2.24) is 5.32 Å². The lowest BCUT2D eigenvalue weighted by Gasteiger charge is -2.33. The smallest absolute Gasteiger partial charge is 0.265 e. The molecule has 0 spiro atoms. The number of nitrogens with one attached hydrogen (secondary N) is 2. The summed E-state index contributed by atoms with van der Waals surface area (Å²) < 4.78 is 29.8. The van der Waals surface area contributed by atoms with Gasteiger partial charge in [-0.2, -0.15) is 0 Å². The average molecular weight is 547 g/mol. The number of anilines is 1. The first-order valence-corrected chi connectivity index (χ1v) is 15.6. The van der Waals surface area contributed by atoms with E-state index in [-0.39, 0.29) is 28.7 Å². The maximum atomic E-state index is 13.5. The Morgan fingerprint density at radius 2 is 1.86 bits per heavy atom. The summed E-state index contributed by atoms with van der Waals surface area (Å²) in [6, 6.07) is 5.30. The van der Waals surface area contributed by atoms with Gasteiger partial charge in [-0.1, -0.05) is 26.8 Å². The molecule has 2 N–H and O–H groups in total. The summed E-state index contributed by atoms with van der Waals surface area (Å²) in [4.78, 5) is 27.8. The zero-order valence-electron chi connectivity index (χ0n) is 22.6. The molecule has 3 atom stereocenters. The highest BCUT2D eigenvalue weighted by Gasteiger charge is 2.36. The quantitative estimate of drug-likeness (QED) is 0.540. The number of amides is 2. The van der Waals surface area contributed by atoms with Crippen molar-refractivity contribution in [1.29, 1.82) is 0 Å². The van der Waals surface area contributed by atoms with Gasteiger partial charge < -0.3 is 15.4 Å². The lowest BCUT2D eigenvalue weighted by atomic mass is 9.72. The van der Waals surface area contributed by atoms with E-state index >= 15 is 0 Å². The number of benzene rings is 1. The molecular weight excluding hydrogens is 508 g/mol. The molecule has 1 aliphatic carbocycles. The molecule has 3 unspecified atom stereocenters. The molecule has 37 heavy (non-hydrogen) atoms. The number of thiophene rings is 1. The number of aryl methyl sites for hydroxylation is 2. The normalized spacial score (nSPS) is 21.7. The van der Waals surface area contributed by atoms with Crippen molar-refractivity contribution in [3.63, 3.8) is 0 Å². The van der Waals surface area contributed by atoms with E-state index in [0.717, 1.165) is 40.8 Å². The molecule has 1 saturated heterocycles. The first-order valence-electron chi connectivity index (χ1n) is 12.9. The Morgan fingerprint density at radius 1 is 1.14 bits per heavy atom. The zero-order valence-corrected chi connectivity index (χ0v) is 24.2. The van der Waals surface area contributed by atoms with Gasteiger partial charge in [-0.05, 0) is 86.6 Å². The zero-order chi connectivity index (χ0) is 27.1. The van der Waals surface area contributed by atoms with Gasteiger partial charge in [-0.3, -0.25) is 9.59 Å². The van der Waals surface area contributed by atoms with Gasteiger partial charge in [0, 0.05) is 10.9 Å². The summed E-state index contributed by atoms with van der Waals surface area (Å²) in [6.07, 6.45) is 2.22. The van der Waals surface area contributed by atoms with Gasteiger partial charge in [0.15, 0.2) is 15.9 Å². The predicted molar refractivity (Wildman–Crippen MR) is 148 cm³/mol. The summed E-state index contributed by atoms with van der Waals surface area (Å²) in [5.41, 5.74) is 3.82. The molecule has 1 fully saturated rings. The van der Waals surface area contributed by atoms with Crippen molar-refractivity contribution >= 4 is 38.0 Å². The lowest BCUT2D eigenvalue weighted by Crippen LogP contribution is -2.37. The molecule has 2 aliphatic rings. The van der Waals surface area contributed by atoms with Crippen LogP contribution in [0.1, 0.15) is 72.5 Å². The van der Waals surface area contributed by atoms with Crippen LogP contribution >= 0.6 is 11.3 Å². The third-order valence-corrected chi connectivity index (χ3v) is 10.6. The van der Waals surface area contributed by atoms with Crippen molar-refractivity contribution < 1.29 is 22.7 Å².